The van der Waals surface area contributed by atoms with Crippen molar-refractivity contribution in [1.82, 2.24) is 5.32 Å². The lowest BCUT2D eigenvalue weighted by Gasteiger charge is -2.17. The first-order chi connectivity index (χ1) is 11.5. The number of amides is 1. The average Bonchev–Trinajstić information content (AvgIpc) is 3.35. The second-order valence-corrected chi connectivity index (χ2v) is 6.07. The molecule has 4 nitrogen and oxygen atoms in total. The summed E-state index contributed by atoms with van der Waals surface area (Å²) in [6, 6.07) is 14.8. The molecular weight excluding hydrogens is 309 g/mol. The van der Waals surface area contributed by atoms with Gasteiger partial charge in [-0.2, -0.15) is 0 Å². The highest BCUT2D eigenvalue weighted by molar-refractivity contribution is 5.84. The summed E-state index contributed by atoms with van der Waals surface area (Å²) in [6.45, 7) is 0. The lowest BCUT2D eigenvalue weighted by atomic mass is 10.0. The molecule has 0 aromatic heterocycles. The third-order valence-electron chi connectivity index (χ3n) is 4.30. The molecule has 124 valence electrons. The van der Waals surface area contributed by atoms with Gasteiger partial charge in [-0.3, -0.25) is 9.59 Å². The molecule has 1 saturated carbocycles. The van der Waals surface area contributed by atoms with Crippen molar-refractivity contribution in [3.8, 4) is 0 Å². The molecule has 0 aliphatic heterocycles. The molecule has 1 amide bonds. The Morgan fingerprint density at radius 3 is 2.58 bits per heavy atom. The van der Waals surface area contributed by atoms with Gasteiger partial charge in [0.05, 0.1) is 12.5 Å². The SMILES string of the molecule is O=C(O)C[C@H](NC(=O)[C@H]1C[C@H]1c1cccc(F)c1)c1ccccc1. The Balaban J connectivity index is 1.67. The number of hydrogen-bond donors (Lipinski definition) is 2. The minimum absolute atomic E-state index is 0.00181. The fourth-order valence-electron chi connectivity index (χ4n) is 2.98. The van der Waals surface area contributed by atoms with Crippen LogP contribution in [0.15, 0.2) is 54.6 Å². The molecule has 0 radical (unpaired) electrons. The molecule has 3 atom stereocenters. The third-order valence-corrected chi connectivity index (χ3v) is 4.30. The van der Waals surface area contributed by atoms with Gasteiger partial charge in [0.15, 0.2) is 0 Å². The first-order valence-corrected chi connectivity index (χ1v) is 7.87. The first-order valence-electron chi connectivity index (χ1n) is 7.87. The number of carbonyl (C=O) groups excluding carboxylic acids is 1. The maximum absolute atomic E-state index is 13.3. The van der Waals surface area contributed by atoms with E-state index in [1.54, 1.807) is 18.2 Å². The van der Waals surface area contributed by atoms with Crippen LogP contribution < -0.4 is 5.32 Å². The summed E-state index contributed by atoms with van der Waals surface area (Å²) >= 11 is 0. The van der Waals surface area contributed by atoms with Crippen molar-refractivity contribution in [1.29, 1.82) is 0 Å². The van der Waals surface area contributed by atoms with E-state index in [0.29, 0.717) is 6.42 Å². The van der Waals surface area contributed by atoms with E-state index in [-0.39, 0.29) is 30.0 Å². The number of carboxylic acid groups (broad SMARTS) is 1. The fourth-order valence-corrected chi connectivity index (χ4v) is 2.98. The van der Waals surface area contributed by atoms with E-state index in [9.17, 15) is 14.0 Å². The maximum Gasteiger partial charge on any atom is 0.305 e. The van der Waals surface area contributed by atoms with Gasteiger partial charge in [-0.05, 0) is 35.6 Å². The predicted molar refractivity (Wildman–Crippen MR) is 86.8 cm³/mol. The Bertz CT molecular complexity index is 747. The van der Waals surface area contributed by atoms with Crippen LogP contribution in [-0.2, 0) is 9.59 Å². The van der Waals surface area contributed by atoms with Gasteiger partial charge in [0.1, 0.15) is 5.82 Å². The summed E-state index contributed by atoms with van der Waals surface area (Å²) in [5.74, 6) is -1.69. The van der Waals surface area contributed by atoms with Gasteiger partial charge in [-0.1, -0.05) is 42.5 Å². The summed E-state index contributed by atoms with van der Waals surface area (Å²) in [5.41, 5.74) is 1.57. The number of carboxylic acids is 1. The Labute approximate surface area is 139 Å². The Hall–Kier alpha value is -2.69. The number of rotatable bonds is 6. The van der Waals surface area contributed by atoms with Crippen LogP contribution in [0.4, 0.5) is 4.39 Å². The summed E-state index contributed by atoms with van der Waals surface area (Å²) in [7, 11) is 0. The van der Waals surface area contributed by atoms with Crippen molar-refractivity contribution in [2.24, 2.45) is 5.92 Å². The molecule has 0 bridgehead atoms. The van der Waals surface area contributed by atoms with Crippen LogP contribution in [-0.4, -0.2) is 17.0 Å². The Morgan fingerprint density at radius 1 is 1.17 bits per heavy atom. The van der Waals surface area contributed by atoms with E-state index in [0.717, 1.165) is 11.1 Å². The van der Waals surface area contributed by atoms with E-state index < -0.39 is 12.0 Å². The van der Waals surface area contributed by atoms with Gasteiger partial charge in [-0.25, -0.2) is 4.39 Å². The Kier molecular flexibility index (Phi) is 4.60. The second kappa shape index (κ2) is 6.83. The number of nitrogens with one attached hydrogen (secondary N) is 1. The fraction of sp³-hybridized carbons (Fsp3) is 0.263. The summed E-state index contributed by atoms with van der Waals surface area (Å²) in [4.78, 5) is 23.5. The number of hydrogen-bond acceptors (Lipinski definition) is 2. The highest BCUT2D eigenvalue weighted by Crippen LogP contribution is 2.47. The van der Waals surface area contributed by atoms with E-state index in [2.05, 4.69) is 5.32 Å². The van der Waals surface area contributed by atoms with E-state index >= 15 is 0 Å². The van der Waals surface area contributed by atoms with Crippen LogP contribution in [0.25, 0.3) is 0 Å². The molecule has 0 heterocycles. The quantitative estimate of drug-likeness (QED) is 0.856. The highest BCUT2D eigenvalue weighted by atomic mass is 19.1. The summed E-state index contributed by atoms with van der Waals surface area (Å²) in [5, 5.41) is 11.9. The Morgan fingerprint density at radius 2 is 1.92 bits per heavy atom. The van der Waals surface area contributed by atoms with Crippen LogP contribution in [0.5, 0.6) is 0 Å². The number of carbonyl (C=O) groups is 2. The third kappa shape index (κ3) is 3.79. The summed E-state index contributed by atoms with van der Waals surface area (Å²) < 4.78 is 13.3. The van der Waals surface area contributed by atoms with Gasteiger partial charge in [0.2, 0.25) is 5.91 Å². The zero-order valence-electron chi connectivity index (χ0n) is 13.0. The molecule has 5 heteroatoms. The topological polar surface area (TPSA) is 66.4 Å². The molecule has 2 aromatic rings. The molecule has 0 unspecified atom stereocenters. The molecule has 1 aliphatic carbocycles. The van der Waals surface area contributed by atoms with Crippen LogP contribution in [0, 0.1) is 11.7 Å². The van der Waals surface area contributed by atoms with Gasteiger partial charge < -0.3 is 10.4 Å². The number of benzene rings is 2. The molecule has 1 fully saturated rings. The van der Waals surface area contributed by atoms with Crippen molar-refractivity contribution < 1.29 is 19.1 Å². The molecule has 1 aliphatic rings. The smallest absolute Gasteiger partial charge is 0.305 e. The minimum atomic E-state index is -0.971. The first kappa shape index (κ1) is 16.2. The molecule has 2 N–H and O–H groups in total. The normalized spacial score (nSPS) is 20.2. The van der Waals surface area contributed by atoms with Crippen LogP contribution in [0.2, 0.25) is 0 Å². The van der Waals surface area contributed by atoms with Crippen molar-refractivity contribution >= 4 is 11.9 Å². The molecule has 0 spiro atoms. The van der Waals surface area contributed by atoms with E-state index in [1.165, 1.54) is 12.1 Å². The average molecular weight is 327 g/mol. The molecule has 2 aromatic carbocycles. The second-order valence-electron chi connectivity index (χ2n) is 6.07. The van der Waals surface area contributed by atoms with Gasteiger partial charge in [0.25, 0.3) is 0 Å². The van der Waals surface area contributed by atoms with Crippen LogP contribution in [0.3, 0.4) is 0 Å². The van der Waals surface area contributed by atoms with Crippen molar-refractivity contribution in [2.45, 2.75) is 24.8 Å². The van der Waals surface area contributed by atoms with Gasteiger partial charge in [-0.15, -0.1) is 0 Å². The molecule has 0 saturated heterocycles. The lowest BCUT2D eigenvalue weighted by Crippen LogP contribution is -2.31. The monoisotopic (exact) mass is 327 g/mol. The van der Waals surface area contributed by atoms with Gasteiger partial charge in [0, 0.05) is 5.92 Å². The minimum Gasteiger partial charge on any atom is -0.481 e. The lowest BCUT2D eigenvalue weighted by molar-refractivity contribution is -0.137. The van der Waals surface area contributed by atoms with Crippen molar-refractivity contribution in [3.05, 3.63) is 71.5 Å². The van der Waals surface area contributed by atoms with Crippen molar-refractivity contribution in [2.75, 3.05) is 0 Å². The zero-order chi connectivity index (χ0) is 17.1. The van der Waals surface area contributed by atoms with Crippen LogP contribution >= 0.6 is 0 Å². The highest BCUT2D eigenvalue weighted by Gasteiger charge is 2.44. The largest absolute Gasteiger partial charge is 0.481 e. The number of halogens is 1. The van der Waals surface area contributed by atoms with Crippen molar-refractivity contribution in [3.63, 3.8) is 0 Å². The van der Waals surface area contributed by atoms with E-state index in [4.69, 9.17) is 5.11 Å². The van der Waals surface area contributed by atoms with Gasteiger partial charge >= 0.3 is 5.97 Å². The van der Waals surface area contributed by atoms with E-state index in [1.807, 2.05) is 24.3 Å². The predicted octanol–water partition coefficient (Wildman–Crippen LogP) is 3.26. The maximum atomic E-state index is 13.3. The number of aliphatic carboxylic acids is 1. The molecule has 24 heavy (non-hydrogen) atoms. The standard InChI is InChI=1S/C19H18FNO3/c20-14-8-4-7-13(9-14)15-10-16(15)19(24)21-17(11-18(22)23)12-5-2-1-3-6-12/h1-9,15-17H,10-11H2,(H,21,24)(H,22,23)/t15-,16-,17-/m0/s1. The summed E-state index contributed by atoms with van der Waals surface area (Å²) in [6.07, 6.45) is 0.483. The molecular formula is C19H18FNO3. The van der Waals surface area contributed by atoms with Crippen LogP contribution in [0.1, 0.15) is 35.9 Å². The molecule has 3 rings (SSSR count). The zero-order valence-corrected chi connectivity index (χ0v) is 13.0.